The number of hydrogen-bond donors (Lipinski definition) is 2. The van der Waals surface area contributed by atoms with Gasteiger partial charge in [0.1, 0.15) is 0 Å². The van der Waals surface area contributed by atoms with Gasteiger partial charge in [0.05, 0.1) is 11.5 Å². The highest BCUT2D eigenvalue weighted by molar-refractivity contribution is 8.00. The average Bonchev–Trinajstić information content (AvgIpc) is 2.77. The molecule has 7 nitrogen and oxygen atoms in total. The molecular formula is C17H29N3O4S. The molecule has 1 fully saturated rings. The lowest BCUT2D eigenvalue weighted by molar-refractivity contribution is -0.140. The smallest absolute Gasteiger partial charge is 0.232 e. The van der Waals surface area contributed by atoms with Crippen LogP contribution >= 0.6 is 11.8 Å². The van der Waals surface area contributed by atoms with Crippen LogP contribution in [0.5, 0.6) is 0 Å². The Bertz CT molecular complexity index is 492. The summed E-state index contributed by atoms with van der Waals surface area (Å²) in [7, 11) is 0. The fraction of sp³-hybridized carbons (Fsp3) is 0.765. The lowest BCUT2D eigenvalue weighted by Gasteiger charge is -2.14. The van der Waals surface area contributed by atoms with Crippen molar-refractivity contribution in [2.24, 2.45) is 17.8 Å². The van der Waals surface area contributed by atoms with Gasteiger partial charge < -0.3 is 10.6 Å². The molecule has 3 atom stereocenters. The zero-order valence-electron chi connectivity index (χ0n) is 15.5. The van der Waals surface area contributed by atoms with Crippen LogP contribution in [-0.4, -0.2) is 59.7 Å². The van der Waals surface area contributed by atoms with E-state index in [1.165, 1.54) is 16.7 Å². The minimum Gasteiger partial charge on any atom is -0.355 e. The molecule has 2 unspecified atom stereocenters. The topological polar surface area (TPSA) is 95.6 Å². The van der Waals surface area contributed by atoms with Gasteiger partial charge >= 0.3 is 0 Å². The fourth-order valence-electron chi connectivity index (χ4n) is 2.33. The Kier molecular flexibility index (Phi) is 8.96. The molecule has 0 aromatic rings. The molecule has 1 heterocycles. The molecule has 0 aliphatic carbocycles. The van der Waals surface area contributed by atoms with Gasteiger partial charge in [-0.1, -0.05) is 34.1 Å². The van der Waals surface area contributed by atoms with Gasteiger partial charge in [0.25, 0.3) is 0 Å². The van der Waals surface area contributed by atoms with E-state index < -0.39 is 0 Å². The SMILES string of the molecule is CCC(C)CNC(=O)CSCC(=O)NCCN1C(=O)C(C)[C@H](C)C1=O. The highest BCUT2D eigenvalue weighted by Crippen LogP contribution is 2.24. The Hall–Kier alpha value is -1.57. The van der Waals surface area contributed by atoms with E-state index in [1.807, 2.05) is 0 Å². The predicted molar refractivity (Wildman–Crippen MR) is 97.8 cm³/mol. The third-order valence-electron chi connectivity index (χ3n) is 4.53. The molecule has 0 bridgehead atoms. The molecule has 0 spiro atoms. The van der Waals surface area contributed by atoms with Gasteiger partial charge in [-0.2, -0.15) is 0 Å². The molecule has 0 aromatic carbocycles. The Labute approximate surface area is 153 Å². The summed E-state index contributed by atoms with van der Waals surface area (Å²) in [5.74, 6) is -0.389. The van der Waals surface area contributed by atoms with Gasteiger partial charge in [-0.25, -0.2) is 0 Å². The number of nitrogens with one attached hydrogen (secondary N) is 2. The van der Waals surface area contributed by atoms with Crippen LogP contribution < -0.4 is 10.6 Å². The minimum atomic E-state index is -0.298. The van der Waals surface area contributed by atoms with Crippen molar-refractivity contribution < 1.29 is 19.2 Å². The summed E-state index contributed by atoms with van der Waals surface area (Å²) in [5.41, 5.74) is 0. The Morgan fingerprint density at radius 2 is 1.60 bits per heavy atom. The van der Waals surface area contributed by atoms with Crippen LogP contribution in [0.15, 0.2) is 0 Å². The van der Waals surface area contributed by atoms with Gasteiger partial charge in [-0.05, 0) is 5.92 Å². The summed E-state index contributed by atoms with van der Waals surface area (Å²) in [5, 5.41) is 5.51. The van der Waals surface area contributed by atoms with E-state index >= 15 is 0 Å². The van der Waals surface area contributed by atoms with E-state index in [0.29, 0.717) is 12.5 Å². The number of hydrogen-bond acceptors (Lipinski definition) is 5. The number of rotatable bonds is 10. The van der Waals surface area contributed by atoms with Crippen LogP contribution in [0, 0.1) is 17.8 Å². The van der Waals surface area contributed by atoms with Crippen LogP contribution in [0.4, 0.5) is 0 Å². The Morgan fingerprint density at radius 3 is 2.12 bits per heavy atom. The highest BCUT2D eigenvalue weighted by Gasteiger charge is 2.41. The zero-order valence-corrected chi connectivity index (χ0v) is 16.3. The van der Waals surface area contributed by atoms with Crippen LogP contribution in [0.2, 0.25) is 0 Å². The number of amides is 4. The van der Waals surface area contributed by atoms with Crippen molar-refractivity contribution in [2.75, 3.05) is 31.1 Å². The van der Waals surface area contributed by atoms with Crippen molar-refractivity contribution in [2.45, 2.75) is 34.1 Å². The second kappa shape index (κ2) is 10.4. The Morgan fingerprint density at radius 1 is 1.08 bits per heavy atom. The largest absolute Gasteiger partial charge is 0.355 e. The van der Waals surface area contributed by atoms with E-state index in [4.69, 9.17) is 0 Å². The van der Waals surface area contributed by atoms with Crippen molar-refractivity contribution in [3.63, 3.8) is 0 Å². The number of imide groups is 1. The standard InChI is InChI=1S/C17H29N3O4S/c1-5-11(2)8-19-15(22)10-25-9-14(21)18-6-7-20-16(23)12(3)13(4)17(20)24/h11-13H,5-10H2,1-4H3,(H,18,21)(H,19,22)/t11?,12-,13?/m0/s1. The number of nitrogens with zero attached hydrogens (tertiary/aromatic N) is 1. The maximum absolute atomic E-state index is 11.9. The lowest BCUT2D eigenvalue weighted by Crippen LogP contribution is -2.39. The molecule has 0 saturated carbocycles. The molecule has 1 saturated heterocycles. The summed E-state index contributed by atoms with van der Waals surface area (Å²) in [4.78, 5) is 48.4. The van der Waals surface area contributed by atoms with Crippen LogP contribution in [-0.2, 0) is 19.2 Å². The summed E-state index contributed by atoms with van der Waals surface area (Å²) < 4.78 is 0. The molecule has 4 amide bonds. The molecule has 0 radical (unpaired) electrons. The number of carbonyl (C=O) groups is 4. The normalized spacial score (nSPS) is 21.4. The molecule has 25 heavy (non-hydrogen) atoms. The average molecular weight is 372 g/mol. The van der Waals surface area contributed by atoms with E-state index in [2.05, 4.69) is 24.5 Å². The van der Waals surface area contributed by atoms with E-state index in [-0.39, 0.29) is 60.1 Å². The molecule has 1 aliphatic rings. The van der Waals surface area contributed by atoms with Gasteiger partial charge in [0.15, 0.2) is 0 Å². The van der Waals surface area contributed by atoms with E-state index in [1.54, 1.807) is 13.8 Å². The third-order valence-corrected chi connectivity index (χ3v) is 5.46. The second-order valence-electron chi connectivity index (χ2n) is 6.57. The molecule has 1 rings (SSSR count). The van der Waals surface area contributed by atoms with Crippen molar-refractivity contribution in [1.29, 1.82) is 0 Å². The summed E-state index contributed by atoms with van der Waals surface area (Å²) >= 11 is 1.24. The van der Waals surface area contributed by atoms with Crippen molar-refractivity contribution in [1.82, 2.24) is 15.5 Å². The van der Waals surface area contributed by atoms with Crippen molar-refractivity contribution >= 4 is 35.4 Å². The zero-order chi connectivity index (χ0) is 19.0. The number of carbonyl (C=O) groups excluding carboxylic acids is 4. The first-order chi connectivity index (χ1) is 11.8. The summed E-state index contributed by atoms with van der Waals surface area (Å²) in [6.07, 6.45) is 1.01. The van der Waals surface area contributed by atoms with Crippen molar-refractivity contribution in [3.8, 4) is 0 Å². The highest BCUT2D eigenvalue weighted by atomic mass is 32.2. The third kappa shape index (κ3) is 6.68. The summed E-state index contributed by atoms with van der Waals surface area (Å²) in [6, 6.07) is 0. The monoisotopic (exact) mass is 371 g/mol. The quantitative estimate of drug-likeness (QED) is 0.550. The van der Waals surface area contributed by atoms with Gasteiger partial charge in [0, 0.05) is 31.5 Å². The van der Waals surface area contributed by atoms with Crippen LogP contribution in [0.25, 0.3) is 0 Å². The van der Waals surface area contributed by atoms with Gasteiger partial charge in [-0.3, -0.25) is 24.1 Å². The van der Waals surface area contributed by atoms with Crippen molar-refractivity contribution in [3.05, 3.63) is 0 Å². The first-order valence-corrected chi connectivity index (χ1v) is 9.89. The first-order valence-electron chi connectivity index (χ1n) is 8.74. The molecule has 8 heteroatoms. The second-order valence-corrected chi connectivity index (χ2v) is 7.55. The maximum Gasteiger partial charge on any atom is 0.232 e. The number of thioether (sulfide) groups is 1. The summed E-state index contributed by atoms with van der Waals surface area (Å²) in [6.45, 7) is 8.70. The van der Waals surface area contributed by atoms with Gasteiger partial charge in [-0.15, -0.1) is 11.8 Å². The van der Waals surface area contributed by atoms with Gasteiger partial charge in [0.2, 0.25) is 23.6 Å². The number of likely N-dealkylation sites (tertiary alicyclic amines) is 1. The predicted octanol–water partition coefficient (Wildman–Crippen LogP) is 0.639. The van der Waals surface area contributed by atoms with Crippen LogP contribution in [0.1, 0.15) is 34.1 Å². The van der Waals surface area contributed by atoms with Crippen LogP contribution in [0.3, 0.4) is 0 Å². The lowest BCUT2D eigenvalue weighted by atomic mass is 10.00. The van der Waals surface area contributed by atoms with E-state index in [0.717, 1.165) is 6.42 Å². The first kappa shape index (κ1) is 21.5. The molecule has 0 aromatic heterocycles. The Balaban J connectivity index is 2.16. The molecule has 2 N–H and O–H groups in total. The molecular weight excluding hydrogens is 342 g/mol. The van der Waals surface area contributed by atoms with E-state index in [9.17, 15) is 19.2 Å². The molecule has 1 aliphatic heterocycles. The molecule has 142 valence electrons. The minimum absolute atomic E-state index is 0.0747. The fourth-order valence-corrected chi connectivity index (χ4v) is 3.00. The maximum atomic E-state index is 11.9.